The topological polar surface area (TPSA) is 90.7 Å². The van der Waals surface area contributed by atoms with Crippen LogP contribution in [0.4, 0.5) is 5.82 Å². The van der Waals surface area contributed by atoms with E-state index in [4.69, 9.17) is 5.26 Å². The van der Waals surface area contributed by atoms with Crippen molar-refractivity contribution in [3.8, 4) is 6.07 Å². The number of nitriles is 1. The van der Waals surface area contributed by atoms with Crippen LogP contribution in [-0.4, -0.2) is 22.9 Å². The van der Waals surface area contributed by atoms with Crippen molar-refractivity contribution in [3.05, 3.63) is 63.9 Å². The Balaban J connectivity index is 1.76. The molecule has 0 fully saturated rings. The Labute approximate surface area is 153 Å². The van der Waals surface area contributed by atoms with Gasteiger partial charge in [-0.25, -0.2) is 4.98 Å². The van der Waals surface area contributed by atoms with Crippen LogP contribution in [0.25, 0.3) is 10.9 Å². The highest BCUT2D eigenvalue weighted by molar-refractivity contribution is 9.10. The Morgan fingerprint density at radius 2 is 2.12 bits per heavy atom. The van der Waals surface area contributed by atoms with E-state index in [-0.39, 0.29) is 5.91 Å². The number of hydrogen-bond acceptors (Lipinski definition) is 5. The van der Waals surface area contributed by atoms with Crippen molar-refractivity contribution < 1.29 is 4.79 Å². The number of nitrogens with one attached hydrogen (secondary N) is 2. The van der Waals surface area contributed by atoms with Gasteiger partial charge in [0, 0.05) is 24.2 Å². The van der Waals surface area contributed by atoms with E-state index in [0.717, 1.165) is 21.2 Å². The Hall–Kier alpha value is -2.98. The summed E-state index contributed by atoms with van der Waals surface area (Å²) in [7, 11) is 1.80. The van der Waals surface area contributed by atoms with Crippen molar-refractivity contribution in [2.45, 2.75) is 6.54 Å². The van der Waals surface area contributed by atoms with E-state index < -0.39 is 0 Å². The van der Waals surface area contributed by atoms with Gasteiger partial charge in [-0.2, -0.15) is 5.26 Å². The number of carbonyl (C=O) groups excluding carboxylic acids is 1. The van der Waals surface area contributed by atoms with Crippen LogP contribution in [0, 0.1) is 11.3 Å². The zero-order valence-electron chi connectivity index (χ0n) is 13.4. The molecule has 3 aromatic rings. The van der Waals surface area contributed by atoms with Crippen LogP contribution >= 0.6 is 15.9 Å². The average molecular weight is 396 g/mol. The Kier molecular flexibility index (Phi) is 4.91. The normalized spacial score (nSPS) is 10.3. The maximum Gasteiger partial charge on any atom is 0.251 e. The summed E-state index contributed by atoms with van der Waals surface area (Å²) in [6.07, 6.45) is 1.49. The van der Waals surface area contributed by atoms with Gasteiger partial charge < -0.3 is 10.6 Å². The summed E-state index contributed by atoms with van der Waals surface area (Å²) in [4.78, 5) is 21.0. The SMILES string of the molecule is CNc1nc2ccc(C(=O)NCc3ccc(C#N)cn3)cc2cc1Br. The van der Waals surface area contributed by atoms with Crippen LogP contribution in [-0.2, 0) is 6.54 Å². The van der Waals surface area contributed by atoms with Gasteiger partial charge in [-0.15, -0.1) is 0 Å². The minimum atomic E-state index is -0.193. The van der Waals surface area contributed by atoms with E-state index in [9.17, 15) is 4.79 Å². The van der Waals surface area contributed by atoms with E-state index in [1.54, 1.807) is 31.3 Å². The molecule has 2 aromatic heterocycles. The smallest absolute Gasteiger partial charge is 0.251 e. The number of nitrogens with zero attached hydrogens (tertiary/aromatic N) is 3. The quantitative estimate of drug-likeness (QED) is 0.707. The first-order valence-electron chi connectivity index (χ1n) is 7.52. The van der Waals surface area contributed by atoms with Crippen LogP contribution in [0.15, 0.2) is 47.1 Å². The summed E-state index contributed by atoms with van der Waals surface area (Å²) in [5, 5.41) is 15.5. The van der Waals surface area contributed by atoms with Gasteiger partial charge >= 0.3 is 0 Å². The summed E-state index contributed by atoms with van der Waals surface area (Å²) < 4.78 is 0.835. The highest BCUT2D eigenvalue weighted by Crippen LogP contribution is 2.25. The Morgan fingerprint density at radius 3 is 2.80 bits per heavy atom. The molecule has 3 rings (SSSR count). The average Bonchev–Trinajstić information content (AvgIpc) is 2.65. The van der Waals surface area contributed by atoms with E-state index >= 15 is 0 Å². The van der Waals surface area contributed by atoms with E-state index in [0.29, 0.717) is 23.4 Å². The van der Waals surface area contributed by atoms with Crippen molar-refractivity contribution in [1.82, 2.24) is 15.3 Å². The molecule has 1 aromatic carbocycles. The number of halogens is 1. The second-order valence-electron chi connectivity index (χ2n) is 5.31. The molecule has 0 aliphatic carbocycles. The number of anilines is 1. The molecule has 2 N–H and O–H groups in total. The molecule has 0 atom stereocenters. The lowest BCUT2D eigenvalue weighted by Crippen LogP contribution is -2.23. The predicted molar refractivity (Wildman–Crippen MR) is 99.1 cm³/mol. The lowest BCUT2D eigenvalue weighted by atomic mass is 10.1. The molecule has 2 heterocycles. The van der Waals surface area contributed by atoms with Gasteiger partial charge in [-0.05, 0) is 52.3 Å². The molecule has 0 aliphatic heterocycles. The van der Waals surface area contributed by atoms with Crippen LogP contribution in [0.3, 0.4) is 0 Å². The fourth-order valence-corrected chi connectivity index (χ4v) is 2.87. The maximum absolute atomic E-state index is 12.4. The number of amides is 1. The molecular weight excluding hydrogens is 382 g/mol. The third kappa shape index (κ3) is 3.75. The van der Waals surface area contributed by atoms with Crippen LogP contribution in [0.2, 0.25) is 0 Å². The van der Waals surface area contributed by atoms with Gasteiger partial charge in [0.05, 0.1) is 27.8 Å². The molecule has 0 aliphatic rings. The largest absolute Gasteiger partial charge is 0.372 e. The van der Waals surface area contributed by atoms with Crippen molar-refractivity contribution in [2.75, 3.05) is 12.4 Å². The molecule has 6 nitrogen and oxygen atoms in total. The van der Waals surface area contributed by atoms with Crippen molar-refractivity contribution in [2.24, 2.45) is 0 Å². The minimum absolute atomic E-state index is 0.193. The third-order valence-corrected chi connectivity index (χ3v) is 4.26. The van der Waals surface area contributed by atoms with Gasteiger partial charge in [0.2, 0.25) is 0 Å². The van der Waals surface area contributed by atoms with Gasteiger partial charge in [0.1, 0.15) is 11.9 Å². The van der Waals surface area contributed by atoms with Crippen molar-refractivity contribution >= 4 is 38.6 Å². The summed E-state index contributed by atoms with van der Waals surface area (Å²) in [5.74, 6) is 0.554. The zero-order chi connectivity index (χ0) is 17.8. The number of pyridine rings is 2. The molecule has 0 saturated heterocycles. The molecule has 1 amide bonds. The first-order valence-corrected chi connectivity index (χ1v) is 8.31. The number of aromatic nitrogens is 2. The molecule has 124 valence electrons. The van der Waals surface area contributed by atoms with Gasteiger partial charge in [-0.1, -0.05) is 0 Å². The Morgan fingerprint density at radius 1 is 1.28 bits per heavy atom. The molecule has 0 unspecified atom stereocenters. The lowest BCUT2D eigenvalue weighted by molar-refractivity contribution is 0.0950. The summed E-state index contributed by atoms with van der Waals surface area (Å²) in [6.45, 7) is 0.295. The fourth-order valence-electron chi connectivity index (χ4n) is 2.34. The Bertz CT molecular complexity index is 979. The minimum Gasteiger partial charge on any atom is -0.372 e. The molecule has 7 heteroatoms. The summed E-state index contributed by atoms with van der Waals surface area (Å²) in [6, 6.07) is 12.7. The van der Waals surface area contributed by atoms with E-state index in [1.807, 2.05) is 18.2 Å². The van der Waals surface area contributed by atoms with Crippen LogP contribution in [0.1, 0.15) is 21.6 Å². The highest BCUT2D eigenvalue weighted by atomic mass is 79.9. The second-order valence-corrected chi connectivity index (χ2v) is 6.16. The van der Waals surface area contributed by atoms with E-state index in [2.05, 4.69) is 36.5 Å². The molecule has 0 saturated carbocycles. The monoisotopic (exact) mass is 395 g/mol. The molecule has 0 radical (unpaired) electrons. The molecule has 0 bridgehead atoms. The second kappa shape index (κ2) is 7.28. The maximum atomic E-state index is 12.4. The number of rotatable bonds is 4. The first kappa shape index (κ1) is 16.9. The summed E-state index contributed by atoms with van der Waals surface area (Å²) >= 11 is 3.46. The first-order chi connectivity index (χ1) is 12.1. The zero-order valence-corrected chi connectivity index (χ0v) is 15.0. The van der Waals surface area contributed by atoms with Crippen molar-refractivity contribution in [1.29, 1.82) is 5.26 Å². The molecule has 0 spiro atoms. The third-order valence-electron chi connectivity index (χ3n) is 3.65. The van der Waals surface area contributed by atoms with Gasteiger partial charge in [0.15, 0.2) is 0 Å². The highest BCUT2D eigenvalue weighted by Gasteiger charge is 2.09. The number of carbonyl (C=O) groups is 1. The van der Waals surface area contributed by atoms with Gasteiger partial charge in [0.25, 0.3) is 5.91 Å². The number of hydrogen-bond donors (Lipinski definition) is 2. The molecular formula is C18H14BrN5O. The molecule has 25 heavy (non-hydrogen) atoms. The number of benzene rings is 1. The van der Waals surface area contributed by atoms with Crippen molar-refractivity contribution in [3.63, 3.8) is 0 Å². The van der Waals surface area contributed by atoms with Crippen LogP contribution < -0.4 is 10.6 Å². The van der Waals surface area contributed by atoms with E-state index in [1.165, 1.54) is 6.20 Å². The number of fused-ring (bicyclic) bond motifs is 1. The summed E-state index contributed by atoms with van der Waals surface area (Å²) in [5.41, 5.74) is 2.53. The van der Waals surface area contributed by atoms with Gasteiger partial charge in [-0.3, -0.25) is 9.78 Å². The lowest BCUT2D eigenvalue weighted by Gasteiger charge is -2.08. The fraction of sp³-hybridized carbons (Fsp3) is 0.111. The predicted octanol–water partition coefficient (Wildman–Crippen LogP) is 3.24. The standard InChI is InChI=1S/C18H14BrN5O/c1-21-17-15(19)7-13-6-12(3-5-16(13)24-17)18(25)23-10-14-4-2-11(8-20)9-22-14/h2-7,9H,10H2,1H3,(H,21,24)(H,23,25). The van der Waals surface area contributed by atoms with Crippen LogP contribution in [0.5, 0.6) is 0 Å².